The maximum atomic E-state index is 12.4. The van der Waals surface area contributed by atoms with Gasteiger partial charge >= 0.3 is 0 Å². The number of anilines is 1. The number of hydrogen-bond acceptors (Lipinski definition) is 3. The summed E-state index contributed by atoms with van der Waals surface area (Å²) in [6.07, 6.45) is 0. The average molecular weight is 363 g/mol. The second-order valence-corrected chi connectivity index (χ2v) is 6.22. The number of imide groups is 1. The van der Waals surface area contributed by atoms with Gasteiger partial charge in [-0.1, -0.05) is 35.3 Å². The van der Waals surface area contributed by atoms with E-state index in [1.54, 1.807) is 24.3 Å². The summed E-state index contributed by atoms with van der Waals surface area (Å²) in [5, 5.41) is 3.35. The van der Waals surface area contributed by atoms with Crippen molar-refractivity contribution in [2.45, 2.75) is 13.0 Å². The van der Waals surface area contributed by atoms with Gasteiger partial charge in [0.2, 0.25) is 5.91 Å². The fraction of sp³-hybridized carbons (Fsp3) is 0.118. The van der Waals surface area contributed by atoms with Crippen LogP contribution in [0.5, 0.6) is 0 Å². The lowest BCUT2D eigenvalue weighted by atomic mass is 10.1. The molecule has 1 aliphatic heterocycles. The van der Waals surface area contributed by atoms with E-state index in [1.165, 1.54) is 25.1 Å². The SMILES string of the molecule is C[C@@H](C(=O)Nc1cc(Cl)cc(Cl)c1)N1C(=O)c2ccccc2C1=O. The van der Waals surface area contributed by atoms with Gasteiger partial charge in [0, 0.05) is 15.7 Å². The Morgan fingerprint density at radius 3 is 2.00 bits per heavy atom. The Morgan fingerprint density at radius 2 is 1.50 bits per heavy atom. The van der Waals surface area contributed by atoms with Crippen molar-refractivity contribution in [3.63, 3.8) is 0 Å². The summed E-state index contributed by atoms with van der Waals surface area (Å²) in [6.45, 7) is 1.49. The molecule has 3 amide bonds. The van der Waals surface area contributed by atoms with Crippen LogP contribution in [0, 0.1) is 0 Å². The first kappa shape index (κ1) is 16.5. The highest BCUT2D eigenvalue weighted by Crippen LogP contribution is 2.26. The molecule has 1 aliphatic rings. The molecule has 2 aromatic rings. The molecule has 1 atom stereocenters. The standard InChI is InChI=1S/C17H12Cl2N2O3/c1-9(15(22)20-12-7-10(18)6-11(19)8-12)21-16(23)13-4-2-3-5-14(13)17(21)24/h2-9H,1H3,(H,20,22)/t9-/m0/s1. The van der Waals surface area contributed by atoms with Gasteiger partial charge in [0.25, 0.3) is 11.8 Å². The van der Waals surface area contributed by atoms with E-state index in [9.17, 15) is 14.4 Å². The van der Waals surface area contributed by atoms with Crippen molar-refractivity contribution in [1.29, 1.82) is 0 Å². The van der Waals surface area contributed by atoms with E-state index in [2.05, 4.69) is 5.32 Å². The first-order chi connectivity index (χ1) is 11.4. The molecule has 122 valence electrons. The number of rotatable bonds is 3. The van der Waals surface area contributed by atoms with Crippen LogP contribution in [0.15, 0.2) is 42.5 Å². The summed E-state index contributed by atoms with van der Waals surface area (Å²) in [7, 11) is 0. The van der Waals surface area contributed by atoms with Gasteiger partial charge in [-0.05, 0) is 37.3 Å². The molecular weight excluding hydrogens is 351 g/mol. The van der Waals surface area contributed by atoms with E-state index >= 15 is 0 Å². The Bertz CT molecular complexity index is 811. The zero-order chi connectivity index (χ0) is 17.4. The van der Waals surface area contributed by atoms with Gasteiger partial charge in [-0.2, -0.15) is 0 Å². The third kappa shape index (κ3) is 2.88. The van der Waals surface area contributed by atoms with Crippen molar-refractivity contribution in [1.82, 2.24) is 4.90 Å². The predicted molar refractivity (Wildman–Crippen MR) is 91.5 cm³/mol. The Morgan fingerprint density at radius 1 is 1.00 bits per heavy atom. The van der Waals surface area contributed by atoms with Crippen molar-refractivity contribution in [2.75, 3.05) is 5.32 Å². The van der Waals surface area contributed by atoms with E-state index in [0.29, 0.717) is 26.9 Å². The molecule has 1 N–H and O–H groups in total. The molecule has 7 heteroatoms. The largest absolute Gasteiger partial charge is 0.324 e. The summed E-state index contributed by atoms with van der Waals surface area (Å²) in [4.78, 5) is 38.2. The van der Waals surface area contributed by atoms with E-state index in [-0.39, 0.29) is 0 Å². The molecule has 1 heterocycles. The maximum Gasteiger partial charge on any atom is 0.262 e. The molecule has 0 aromatic heterocycles. The Labute approximate surface area is 148 Å². The van der Waals surface area contributed by atoms with Gasteiger partial charge in [0.15, 0.2) is 0 Å². The van der Waals surface area contributed by atoms with Crippen LogP contribution in [-0.4, -0.2) is 28.7 Å². The summed E-state index contributed by atoms with van der Waals surface area (Å²) in [6, 6.07) is 10.1. The third-order valence-corrected chi connectivity index (χ3v) is 4.16. The van der Waals surface area contributed by atoms with Gasteiger partial charge in [-0.3, -0.25) is 19.3 Å². The van der Waals surface area contributed by atoms with Crippen LogP contribution in [0.4, 0.5) is 5.69 Å². The Balaban J connectivity index is 1.82. The summed E-state index contributed by atoms with van der Waals surface area (Å²) in [5.41, 5.74) is 0.988. The highest BCUT2D eigenvalue weighted by atomic mass is 35.5. The summed E-state index contributed by atoms with van der Waals surface area (Å²) < 4.78 is 0. The topological polar surface area (TPSA) is 66.5 Å². The molecule has 0 fully saturated rings. The summed E-state index contributed by atoms with van der Waals surface area (Å²) >= 11 is 11.8. The van der Waals surface area contributed by atoms with E-state index in [1.807, 2.05) is 0 Å². The number of benzene rings is 2. The zero-order valence-corrected chi connectivity index (χ0v) is 14.1. The quantitative estimate of drug-likeness (QED) is 0.848. The predicted octanol–water partition coefficient (Wildman–Crippen LogP) is 3.62. The van der Waals surface area contributed by atoms with Crippen molar-refractivity contribution in [2.24, 2.45) is 0 Å². The number of amides is 3. The van der Waals surface area contributed by atoms with Crippen molar-refractivity contribution < 1.29 is 14.4 Å². The van der Waals surface area contributed by atoms with Crippen molar-refractivity contribution in [3.8, 4) is 0 Å². The molecule has 0 saturated heterocycles. The van der Waals surface area contributed by atoms with Crippen molar-refractivity contribution >= 4 is 46.6 Å². The third-order valence-electron chi connectivity index (χ3n) is 3.72. The normalized spacial score (nSPS) is 14.5. The van der Waals surface area contributed by atoms with Gasteiger partial charge in [-0.15, -0.1) is 0 Å². The first-order valence-electron chi connectivity index (χ1n) is 7.12. The number of nitrogens with zero attached hydrogens (tertiary/aromatic N) is 1. The molecule has 0 unspecified atom stereocenters. The van der Waals surface area contributed by atoms with E-state index in [4.69, 9.17) is 23.2 Å². The molecule has 0 aliphatic carbocycles. The first-order valence-corrected chi connectivity index (χ1v) is 7.88. The molecule has 3 rings (SSSR count). The van der Waals surface area contributed by atoms with Crippen LogP contribution in [-0.2, 0) is 4.79 Å². The lowest BCUT2D eigenvalue weighted by molar-refractivity contribution is -0.119. The molecule has 5 nitrogen and oxygen atoms in total. The molecular formula is C17H12Cl2N2O3. The molecule has 24 heavy (non-hydrogen) atoms. The van der Waals surface area contributed by atoms with Crippen molar-refractivity contribution in [3.05, 3.63) is 63.6 Å². The Kier molecular flexibility index (Phi) is 4.30. The van der Waals surface area contributed by atoms with Crippen LogP contribution in [0.2, 0.25) is 10.0 Å². The van der Waals surface area contributed by atoms with Gasteiger partial charge in [0.1, 0.15) is 6.04 Å². The number of halogens is 2. The molecule has 0 saturated carbocycles. The van der Waals surface area contributed by atoms with Crippen LogP contribution < -0.4 is 5.32 Å². The number of fused-ring (bicyclic) bond motifs is 1. The minimum Gasteiger partial charge on any atom is -0.324 e. The highest BCUT2D eigenvalue weighted by molar-refractivity contribution is 6.35. The fourth-order valence-corrected chi connectivity index (χ4v) is 3.08. The highest BCUT2D eigenvalue weighted by Gasteiger charge is 2.40. The van der Waals surface area contributed by atoms with Crippen LogP contribution in [0.25, 0.3) is 0 Å². The van der Waals surface area contributed by atoms with E-state index in [0.717, 1.165) is 4.90 Å². The number of nitrogens with one attached hydrogen (secondary N) is 1. The lowest BCUT2D eigenvalue weighted by Crippen LogP contribution is -2.45. The average Bonchev–Trinajstić information content (AvgIpc) is 2.77. The van der Waals surface area contributed by atoms with Crippen LogP contribution in [0.3, 0.4) is 0 Å². The van der Waals surface area contributed by atoms with Gasteiger partial charge < -0.3 is 5.32 Å². The second kappa shape index (κ2) is 6.26. The Hall–Kier alpha value is -2.37. The maximum absolute atomic E-state index is 12.4. The van der Waals surface area contributed by atoms with Crippen LogP contribution in [0.1, 0.15) is 27.6 Å². The summed E-state index contributed by atoms with van der Waals surface area (Å²) in [5.74, 6) is -1.48. The van der Waals surface area contributed by atoms with Crippen LogP contribution >= 0.6 is 23.2 Å². The minimum absolute atomic E-state index is 0.299. The molecule has 0 bridgehead atoms. The monoisotopic (exact) mass is 362 g/mol. The number of carbonyl (C=O) groups is 3. The molecule has 0 radical (unpaired) electrons. The number of hydrogen-bond donors (Lipinski definition) is 1. The van der Waals surface area contributed by atoms with Gasteiger partial charge in [-0.25, -0.2) is 0 Å². The zero-order valence-electron chi connectivity index (χ0n) is 12.5. The molecule has 0 spiro atoms. The fourth-order valence-electron chi connectivity index (χ4n) is 2.55. The molecule has 2 aromatic carbocycles. The number of carbonyl (C=O) groups excluding carboxylic acids is 3. The smallest absolute Gasteiger partial charge is 0.262 e. The van der Waals surface area contributed by atoms with E-state index < -0.39 is 23.8 Å². The minimum atomic E-state index is -0.977. The lowest BCUT2D eigenvalue weighted by Gasteiger charge is -2.21. The second-order valence-electron chi connectivity index (χ2n) is 5.35. The van der Waals surface area contributed by atoms with Gasteiger partial charge in [0.05, 0.1) is 11.1 Å².